The van der Waals surface area contributed by atoms with Gasteiger partial charge in [0.25, 0.3) is 0 Å². The molecular formula is C15H22N2O4. The van der Waals surface area contributed by atoms with Gasteiger partial charge in [0.05, 0.1) is 32.8 Å². The van der Waals surface area contributed by atoms with E-state index in [1.807, 2.05) is 25.1 Å². The van der Waals surface area contributed by atoms with Crippen LogP contribution >= 0.6 is 0 Å². The van der Waals surface area contributed by atoms with Crippen molar-refractivity contribution < 1.29 is 19.0 Å². The summed E-state index contributed by atoms with van der Waals surface area (Å²) >= 11 is 0. The first kappa shape index (κ1) is 15.6. The standard InChI is InChI=1S/C15H22N2O4/c1-15(9-21-8-13(15)16)14(18)17-7-10-4-5-11(19-2)12(6-10)20-3/h4-6,13H,7-9,16H2,1-3H3,(H,17,18). The smallest absolute Gasteiger partial charge is 0.230 e. The summed E-state index contributed by atoms with van der Waals surface area (Å²) < 4.78 is 15.7. The molecule has 2 atom stereocenters. The highest BCUT2D eigenvalue weighted by Crippen LogP contribution is 2.29. The maximum absolute atomic E-state index is 12.3. The number of nitrogens with two attached hydrogens (primary N) is 1. The minimum absolute atomic E-state index is 0.0951. The molecule has 0 spiro atoms. The number of hydrogen-bond donors (Lipinski definition) is 2. The van der Waals surface area contributed by atoms with E-state index >= 15 is 0 Å². The maximum atomic E-state index is 12.3. The highest BCUT2D eigenvalue weighted by Gasteiger charge is 2.44. The molecule has 1 aliphatic heterocycles. The van der Waals surface area contributed by atoms with Crippen molar-refractivity contribution in [2.45, 2.75) is 19.5 Å². The second kappa shape index (κ2) is 6.32. The van der Waals surface area contributed by atoms with Crippen molar-refractivity contribution in [3.05, 3.63) is 23.8 Å². The third-order valence-corrected chi connectivity index (χ3v) is 3.94. The molecule has 1 fully saturated rings. The first-order valence-electron chi connectivity index (χ1n) is 6.84. The van der Waals surface area contributed by atoms with Crippen molar-refractivity contribution in [1.82, 2.24) is 5.32 Å². The third kappa shape index (κ3) is 3.11. The number of methoxy groups -OCH3 is 2. The predicted molar refractivity (Wildman–Crippen MR) is 78.3 cm³/mol. The molecule has 116 valence electrons. The fraction of sp³-hybridized carbons (Fsp3) is 0.533. The lowest BCUT2D eigenvalue weighted by molar-refractivity contribution is -0.130. The Morgan fingerprint density at radius 1 is 1.43 bits per heavy atom. The average molecular weight is 294 g/mol. The van der Waals surface area contributed by atoms with Crippen LogP contribution < -0.4 is 20.5 Å². The Balaban J connectivity index is 2.01. The fourth-order valence-electron chi connectivity index (χ4n) is 2.30. The van der Waals surface area contributed by atoms with E-state index in [0.717, 1.165) is 5.56 Å². The minimum atomic E-state index is -0.670. The molecule has 1 heterocycles. The van der Waals surface area contributed by atoms with Gasteiger partial charge in [-0.3, -0.25) is 4.79 Å². The Morgan fingerprint density at radius 3 is 2.71 bits per heavy atom. The number of hydrogen-bond acceptors (Lipinski definition) is 5. The first-order valence-corrected chi connectivity index (χ1v) is 6.84. The van der Waals surface area contributed by atoms with Crippen molar-refractivity contribution >= 4 is 5.91 Å². The van der Waals surface area contributed by atoms with Gasteiger partial charge in [-0.25, -0.2) is 0 Å². The molecule has 0 bridgehead atoms. The molecule has 0 aliphatic carbocycles. The number of benzene rings is 1. The van der Waals surface area contributed by atoms with Gasteiger partial charge in [-0.1, -0.05) is 6.07 Å². The number of amides is 1. The molecule has 2 unspecified atom stereocenters. The molecule has 3 N–H and O–H groups in total. The molecule has 6 heteroatoms. The largest absolute Gasteiger partial charge is 0.493 e. The highest BCUT2D eigenvalue weighted by atomic mass is 16.5. The summed E-state index contributed by atoms with van der Waals surface area (Å²) in [5.41, 5.74) is 6.20. The summed E-state index contributed by atoms with van der Waals surface area (Å²) in [4.78, 5) is 12.3. The Bertz CT molecular complexity index is 520. The van der Waals surface area contributed by atoms with Crippen LogP contribution in [-0.2, 0) is 16.1 Å². The molecular weight excluding hydrogens is 272 g/mol. The zero-order chi connectivity index (χ0) is 15.5. The fourth-order valence-corrected chi connectivity index (χ4v) is 2.30. The Labute approximate surface area is 124 Å². The second-order valence-corrected chi connectivity index (χ2v) is 5.41. The van der Waals surface area contributed by atoms with Crippen LogP contribution in [0.5, 0.6) is 11.5 Å². The SMILES string of the molecule is COc1ccc(CNC(=O)C2(C)COCC2N)cc1OC. The van der Waals surface area contributed by atoms with Crippen molar-refractivity contribution in [3.8, 4) is 11.5 Å². The van der Waals surface area contributed by atoms with Crippen LogP contribution in [0.1, 0.15) is 12.5 Å². The zero-order valence-electron chi connectivity index (χ0n) is 12.6. The highest BCUT2D eigenvalue weighted by molar-refractivity contribution is 5.83. The van der Waals surface area contributed by atoms with Gasteiger partial charge in [0, 0.05) is 12.6 Å². The Morgan fingerprint density at radius 2 is 2.14 bits per heavy atom. The molecule has 1 amide bonds. The van der Waals surface area contributed by atoms with E-state index in [1.54, 1.807) is 14.2 Å². The molecule has 2 rings (SSSR count). The average Bonchev–Trinajstić information content (AvgIpc) is 2.85. The summed E-state index contributed by atoms with van der Waals surface area (Å²) in [5, 5.41) is 2.91. The lowest BCUT2D eigenvalue weighted by atomic mass is 9.85. The van der Waals surface area contributed by atoms with Crippen LogP contribution in [0, 0.1) is 5.41 Å². The van der Waals surface area contributed by atoms with Crippen molar-refractivity contribution in [1.29, 1.82) is 0 Å². The van der Waals surface area contributed by atoms with E-state index in [-0.39, 0.29) is 11.9 Å². The van der Waals surface area contributed by atoms with Gasteiger partial charge >= 0.3 is 0 Å². The summed E-state index contributed by atoms with van der Waals surface area (Å²) in [6.07, 6.45) is 0. The zero-order valence-corrected chi connectivity index (χ0v) is 12.6. The molecule has 0 aromatic heterocycles. The lowest BCUT2D eigenvalue weighted by Gasteiger charge is -2.25. The number of ether oxygens (including phenoxy) is 3. The molecule has 0 saturated carbocycles. The molecule has 0 radical (unpaired) electrons. The van der Waals surface area contributed by atoms with Gasteiger partial charge in [-0.05, 0) is 24.6 Å². The van der Waals surface area contributed by atoms with E-state index in [2.05, 4.69) is 5.32 Å². The van der Waals surface area contributed by atoms with Crippen LogP contribution in [0.15, 0.2) is 18.2 Å². The number of carbonyl (C=O) groups excluding carboxylic acids is 1. The summed E-state index contributed by atoms with van der Waals surface area (Å²) in [6.45, 7) is 3.00. The van der Waals surface area contributed by atoms with Gasteiger partial charge < -0.3 is 25.3 Å². The second-order valence-electron chi connectivity index (χ2n) is 5.41. The molecule has 1 aliphatic rings. The van der Waals surface area contributed by atoms with Crippen LogP contribution in [0.3, 0.4) is 0 Å². The van der Waals surface area contributed by atoms with Crippen LogP contribution in [-0.4, -0.2) is 39.4 Å². The predicted octanol–water partition coefficient (Wildman–Crippen LogP) is 0.684. The van der Waals surface area contributed by atoms with E-state index in [4.69, 9.17) is 19.9 Å². The summed E-state index contributed by atoms with van der Waals surface area (Å²) in [6, 6.07) is 5.26. The quantitative estimate of drug-likeness (QED) is 0.834. The Hall–Kier alpha value is -1.79. The number of rotatable bonds is 5. The normalized spacial score (nSPS) is 24.7. The topological polar surface area (TPSA) is 82.8 Å². The van der Waals surface area contributed by atoms with Crippen LogP contribution in [0.4, 0.5) is 0 Å². The van der Waals surface area contributed by atoms with Gasteiger partial charge in [0.15, 0.2) is 11.5 Å². The third-order valence-electron chi connectivity index (χ3n) is 3.94. The van der Waals surface area contributed by atoms with Crippen molar-refractivity contribution in [2.24, 2.45) is 11.1 Å². The van der Waals surface area contributed by atoms with Gasteiger partial charge in [-0.15, -0.1) is 0 Å². The van der Waals surface area contributed by atoms with E-state index in [1.165, 1.54) is 0 Å². The van der Waals surface area contributed by atoms with Crippen LogP contribution in [0.25, 0.3) is 0 Å². The summed E-state index contributed by atoms with van der Waals surface area (Å²) in [5.74, 6) is 1.20. The van der Waals surface area contributed by atoms with E-state index < -0.39 is 5.41 Å². The van der Waals surface area contributed by atoms with Gasteiger partial charge in [0.1, 0.15) is 0 Å². The molecule has 1 saturated heterocycles. The molecule has 6 nitrogen and oxygen atoms in total. The monoisotopic (exact) mass is 294 g/mol. The van der Waals surface area contributed by atoms with Crippen LogP contribution in [0.2, 0.25) is 0 Å². The van der Waals surface area contributed by atoms with E-state index in [9.17, 15) is 4.79 Å². The van der Waals surface area contributed by atoms with Crippen molar-refractivity contribution in [3.63, 3.8) is 0 Å². The molecule has 1 aromatic rings. The molecule has 21 heavy (non-hydrogen) atoms. The Kier molecular flexibility index (Phi) is 4.69. The lowest BCUT2D eigenvalue weighted by Crippen LogP contribution is -2.49. The number of carbonyl (C=O) groups is 1. The molecule has 1 aromatic carbocycles. The maximum Gasteiger partial charge on any atom is 0.230 e. The van der Waals surface area contributed by atoms with Gasteiger partial charge in [0.2, 0.25) is 5.91 Å². The van der Waals surface area contributed by atoms with Gasteiger partial charge in [-0.2, -0.15) is 0 Å². The number of nitrogens with one attached hydrogen (secondary N) is 1. The minimum Gasteiger partial charge on any atom is -0.493 e. The summed E-state index contributed by atoms with van der Waals surface area (Å²) in [7, 11) is 3.16. The van der Waals surface area contributed by atoms with Crippen molar-refractivity contribution in [2.75, 3.05) is 27.4 Å². The first-order chi connectivity index (χ1) is 10.0. The van der Waals surface area contributed by atoms with E-state index in [0.29, 0.717) is 31.3 Å².